The number of carbonyl (C=O) groups is 1. The molecule has 0 spiro atoms. The molecule has 0 aromatic carbocycles. The van der Waals surface area contributed by atoms with E-state index in [2.05, 4.69) is 43.4 Å². The summed E-state index contributed by atoms with van der Waals surface area (Å²) in [6.07, 6.45) is 24.0. The van der Waals surface area contributed by atoms with Gasteiger partial charge in [0.2, 0.25) is 5.91 Å². The number of amides is 1. The third kappa shape index (κ3) is 16.7. The van der Waals surface area contributed by atoms with Crippen LogP contribution >= 0.6 is 0 Å². The Hall–Kier alpha value is -1.31. The quantitative estimate of drug-likeness (QED) is 0.371. The van der Waals surface area contributed by atoms with Crippen molar-refractivity contribution in [2.45, 2.75) is 71.1 Å². The normalized spacial score (nSPS) is 12.1. The molecule has 2 heteroatoms. The van der Waals surface area contributed by atoms with Crippen molar-refractivity contribution in [3.05, 3.63) is 36.5 Å². The predicted molar refractivity (Wildman–Crippen MR) is 88.5 cm³/mol. The maximum absolute atomic E-state index is 10.5. The summed E-state index contributed by atoms with van der Waals surface area (Å²) in [5.41, 5.74) is 5.08. The summed E-state index contributed by atoms with van der Waals surface area (Å²) in [6.45, 7) is 2.23. The van der Waals surface area contributed by atoms with E-state index in [1.54, 1.807) is 0 Å². The number of hydrogen-bond donors (Lipinski definition) is 1. The number of carbonyl (C=O) groups excluding carboxylic acids is 1. The summed E-state index contributed by atoms with van der Waals surface area (Å²) in [4.78, 5) is 10.5. The van der Waals surface area contributed by atoms with Crippen molar-refractivity contribution in [1.29, 1.82) is 0 Å². The number of allylic oxidation sites excluding steroid dienone is 6. The number of nitrogens with two attached hydrogens (primary N) is 1. The molecule has 0 aliphatic carbocycles. The second-order valence-electron chi connectivity index (χ2n) is 5.09. The van der Waals surface area contributed by atoms with E-state index in [-0.39, 0.29) is 5.91 Å². The van der Waals surface area contributed by atoms with Gasteiger partial charge in [0.15, 0.2) is 0 Å². The smallest absolute Gasteiger partial charge is 0.217 e. The van der Waals surface area contributed by atoms with Gasteiger partial charge in [-0.2, -0.15) is 0 Å². The minimum atomic E-state index is -0.195. The minimum Gasteiger partial charge on any atom is -0.370 e. The fraction of sp³-hybridized carbons (Fsp3) is 0.611. The van der Waals surface area contributed by atoms with E-state index >= 15 is 0 Å². The van der Waals surface area contributed by atoms with Gasteiger partial charge >= 0.3 is 0 Å². The van der Waals surface area contributed by atoms with Crippen molar-refractivity contribution in [3.63, 3.8) is 0 Å². The van der Waals surface area contributed by atoms with E-state index in [9.17, 15) is 4.79 Å². The van der Waals surface area contributed by atoms with E-state index in [0.29, 0.717) is 6.42 Å². The molecule has 0 radical (unpaired) electrons. The van der Waals surface area contributed by atoms with E-state index < -0.39 is 0 Å². The van der Waals surface area contributed by atoms with Crippen molar-refractivity contribution < 1.29 is 4.79 Å². The molecule has 0 heterocycles. The molecule has 1 amide bonds. The lowest BCUT2D eigenvalue weighted by molar-refractivity contribution is -0.118. The molecule has 0 aromatic rings. The van der Waals surface area contributed by atoms with Crippen molar-refractivity contribution in [2.75, 3.05) is 0 Å². The van der Waals surface area contributed by atoms with Crippen molar-refractivity contribution in [3.8, 4) is 0 Å². The Bertz CT molecular complexity index is 303. The average molecular weight is 277 g/mol. The Kier molecular flexibility index (Phi) is 14.7. The molecule has 0 unspecified atom stereocenters. The average Bonchev–Trinajstić information content (AvgIpc) is 2.43. The first kappa shape index (κ1) is 18.7. The van der Waals surface area contributed by atoms with Gasteiger partial charge in [0.1, 0.15) is 0 Å². The van der Waals surface area contributed by atoms with Crippen LogP contribution in [0.4, 0.5) is 0 Å². The van der Waals surface area contributed by atoms with E-state index in [4.69, 9.17) is 5.73 Å². The zero-order valence-corrected chi connectivity index (χ0v) is 13.0. The molecule has 0 rings (SSSR count). The number of hydrogen-bond acceptors (Lipinski definition) is 1. The Morgan fingerprint density at radius 2 is 1.30 bits per heavy atom. The number of rotatable bonds is 13. The highest BCUT2D eigenvalue weighted by Gasteiger charge is 1.91. The lowest BCUT2D eigenvalue weighted by Gasteiger charge is -1.93. The van der Waals surface area contributed by atoms with Gasteiger partial charge in [-0.25, -0.2) is 0 Å². The molecule has 114 valence electrons. The molecule has 0 aliphatic heterocycles. The Balaban J connectivity index is 3.32. The van der Waals surface area contributed by atoms with Crippen LogP contribution in [0.5, 0.6) is 0 Å². The summed E-state index contributed by atoms with van der Waals surface area (Å²) >= 11 is 0. The Morgan fingerprint density at radius 1 is 0.800 bits per heavy atom. The van der Waals surface area contributed by atoms with E-state index in [1.807, 2.05) is 0 Å². The van der Waals surface area contributed by atoms with Crippen LogP contribution in [0.2, 0.25) is 0 Å². The zero-order valence-electron chi connectivity index (χ0n) is 13.0. The maximum atomic E-state index is 10.5. The van der Waals surface area contributed by atoms with Gasteiger partial charge in [-0.3, -0.25) is 4.79 Å². The van der Waals surface area contributed by atoms with Gasteiger partial charge in [0, 0.05) is 6.42 Å². The fourth-order valence-corrected chi connectivity index (χ4v) is 1.85. The van der Waals surface area contributed by atoms with Gasteiger partial charge < -0.3 is 5.73 Å². The SMILES string of the molecule is CCCCCC=CCC=CC/C=C\CCCCC(N)=O. The summed E-state index contributed by atoms with van der Waals surface area (Å²) in [5, 5.41) is 0. The molecule has 2 nitrogen and oxygen atoms in total. The van der Waals surface area contributed by atoms with Crippen LogP contribution in [-0.2, 0) is 4.79 Å². The van der Waals surface area contributed by atoms with Crippen LogP contribution in [0.15, 0.2) is 36.5 Å². The van der Waals surface area contributed by atoms with Crippen LogP contribution in [0, 0.1) is 0 Å². The topological polar surface area (TPSA) is 43.1 Å². The van der Waals surface area contributed by atoms with Crippen molar-refractivity contribution >= 4 is 5.91 Å². The monoisotopic (exact) mass is 277 g/mol. The molecule has 2 N–H and O–H groups in total. The van der Waals surface area contributed by atoms with Gasteiger partial charge in [-0.05, 0) is 44.9 Å². The molecule has 0 atom stereocenters. The van der Waals surface area contributed by atoms with Crippen LogP contribution in [0.25, 0.3) is 0 Å². The van der Waals surface area contributed by atoms with Gasteiger partial charge in [-0.15, -0.1) is 0 Å². The lowest BCUT2D eigenvalue weighted by Crippen LogP contribution is -2.09. The van der Waals surface area contributed by atoms with Gasteiger partial charge in [-0.1, -0.05) is 56.2 Å². The van der Waals surface area contributed by atoms with E-state index in [0.717, 1.165) is 32.1 Å². The summed E-state index contributed by atoms with van der Waals surface area (Å²) in [5.74, 6) is -0.195. The number of unbranched alkanes of at least 4 members (excludes halogenated alkanes) is 5. The van der Waals surface area contributed by atoms with Crippen LogP contribution in [0.1, 0.15) is 71.1 Å². The first-order valence-corrected chi connectivity index (χ1v) is 8.00. The molecule has 0 saturated heterocycles. The summed E-state index contributed by atoms with van der Waals surface area (Å²) in [6, 6.07) is 0. The highest BCUT2D eigenvalue weighted by Crippen LogP contribution is 2.02. The minimum absolute atomic E-state index is 0.195. The highest BCUT2D eigenvalue weighted by atomic mass is 16.1. The lowest BCUT2D eigenvalue weighted by atomic mass is 10.1. The first-order valence-electron chi connectivity index (χ1n) is 8.00. The molecular formula is C18H31NO. The zero-order chi connectivity index (χ0) is 14.9. The van der Waals surface area contributed by atoms with Crippen LogP contribution < -0.4 is 5.73 Å². The third-order valence-electron chi connectivity index (χ3n) is 3.06. The second-order valence-corrected chi connectivity index (χ2v) is 5.09. The van der Waals surface area contributed by atoms with Crippen LogP contribution in [0.3, 0.4) is 0 Å². The molecule has 0 aliphatic rings. The third-order valence-corrected chi connectivity index (χ3v) is 3.06. The first-order chi connectivity index (χ1) is 9.77. The Morgan fingerprint density at radius 3 is 1.80 bits per heavy atom. The van der Waals surface area contributed by atoms with E-state index in [1.165, 1.54) is 25.7 Å². The molecular weight excluding hydrogens is 246 g/mol. The largest absolute Gasteiger partial charge is 0.370 e. The predicted octanol–water partition coefficient (Wildman–Crippen LogP) is 5.06. The van der Waals surface area contributed by atoms with Gasteiger partial charge in [0.25, 0.3) is 0 Å². The number of primary amides is 1. The van der Waals surface area contributed by atoms with Crippen molar-refractivity contribution in [2.24, 2.45) is 5.73 Å². The molecule has 0 saturated carbocycles. The van der Waals surface area contributed by atoms with Crippen LogP contribution in [-0.4, -0.2) is 5.91 Å². The molecule has 0 aromatic heterocycles. The molecule has 0 bridgehead atoms. The molecule has 20 heavy (non-hydrogen) atoms. The second kappa shape index (κ2) is 15.7. The standard InChI is InChI=1S/C18H31NO/c1-2-3-4-5-6-7-8-9-10-11-12-13-14-15-16-17-18(19)20/h6-7,9-10,12-13H,2-5,8,11,14-17H2,1H3,(H2,19,20)/b7-6?,10-9?,13-12-. The molecule has 0 fully saturated rings. The van der Waals surface area contributed by atoms with Crippen molar-refractivity contribution in [1.82, 2.24) is 0 Å². The summed E-state index contributed by atoms with van der Waals surface area (Å²) in [7, 11) is 0. The fourth-order valence-electron chi connectivity index (χ4n) is 1.85. The highest BCUT2D eigenvalue weighted by molar-refractivity contribution is 5.73. The summed E-state index contributed by atoms with van der Waals surface area (Å²) < 4.78 is 0. The van der Waals surface area contributed by atoms with Gasteiger partial charge in [0.05, 0.1) is 0 Å². The Labute approximate surface area is 124 Å². The maximum Gasteiger partial charge on any atom is 0.217 e.